The third-order valence-electron chi connectivity index (χ3n) is 4.42. The van der Waals surface area contributed by atoms with Gasteiger partial charge in [0.2, 0.25) is 0 Å². The number of hydrogen-bond acceptors (Lipinski definition) is 13. The van der Waals surface area contributed by atoms with Crippen LogP contribution in [0.1, 0.15) is 6.42 Å². The lowest BCUT2D eigenvalue weighted by Crippen LogP contribution is -2.15. The molecule has 0 radical (unpaired) electrons. The van der Waals surface area contributed by atoms with Gasteiger partial charge in [0.05, 0.1) is 158 Å². The lowest BCUT2D eigenvalue weighted by atomic mass is 10.5. The molecule has 0 fully saturated rings. The third-order valence-corrected chi connectivity index (χ3v) is 4.42. The second-order valence-electron chi connectivity index (χ2n) is 7.60. The van der Waals surface area contributed by atoms with Gasteiger partial charge >= 0.3 is 5.97 Å². The molecule has 0 aliphatic carbocycles. The average molecular weight is 575 g/mol. The lowest BCUT2D eigenvalue weighted by Gasteiger charge is -2.09. The molecule has 0 bridgehead atoms. The molecular formula is C25H50O14. The molecule has 0 spiro atoms. The number of carbonyl (C=O) groups is 1. The highest BCUT2D eigenvalue weighted by Gasteiger charge is 1.97. The molecule has 0 heterocycles. The van der Waals surface area contributed by atoms with E-state index in [0.717, 1.165) is 0 Å². The van der Waals surface area contributed by atoms with Crippen LogP contribution < -0.4 is 0 Å². The molecule has 0 atom stereocenters. The van der Waals surface area contributed by atoms with E-state index >= 15 is 0 Å². The van der Waals surface area contributed by atoms with Gasteiger partial charge in [-0.15, -0.1) is 0 Å². The number of aliphatic carboxylic acids is 1. The fourth-order valence-electron chi connectivity index (χ4n) is 2.53. The van der Waals surface area contributed by atoms with E-state index in [4.69, 9.17) is 62.3 Å². The molecule has 2 N–H and O–H groups in total. The Labute approximate surface area is 231 Å². The zero-order valence-electron chi connectivity index (χ0n) is 23.3. The maximum atomic E-state index is 10.3. The maximum Gasteiger partial charge on any atom is 0.305 e. The molecule has 0 unspecified atom stereocenters. The van der Waals surface area contributed by atoms with Gasteiger partial charge in [0.25, 0.3) is 0 Å². The van der Waals surface area contributed by atoms with E-state index in [1.165, 1.54) is 0 Å². The summed E-state index contributed by atoms with van der Waals surface area (Å²) in [5, 5.41) is 17.0. The van der Waals surface area contributed by atoms with Crippen molar-refractivity contribution in [2.75, 3.05) is 152 Å². The van der Waals surface area contributed by atoms with Gasteiger partial charge in [-0.25, -0.2) is 0 Å². The van der Waals surface area contributed by atoms with Crippen molar-refractivity contribution in [1.29, 1.82) is 0 Å². The molecule has 0 amide bonds. The molecule has 0 rings (SSSR count). The Balaban J connectivity index is 3.02. The summed E-state index contributed by atoms with van der Waals surface area (Å²) in [5.74, 6) is -0.875. The highest BCUT2D eigenvalue weighted by Crippen LogP contribution is 1.87. The van der Waals surface area contributed by atoms with E-state index in [2.05, 4.69) is 0 Å². The van der Waals surface area contributed by atoms with Crippen LogP contribution in [-0.4, -0.2) is 168 Å². The van der Waals surface area contributed by atoms with Gasteiger partial charge < -0.3 is 62.3 Å². The zero-order valence-corrected chi connectivity index (χ0v) is 23.3. The zero-order chi connectivity index (χ0) is 28.3. The van der Waals surface area contributed by atoms with E-state index in [0.29, 0.717) is 139 Å². The number of carboxylic acids is 1. The van der Waals surface area contributed by atoms with Crippen molar-refractivity contribution in [2.24, 2.45) is 0 Å². The monoisotopic (exact) mass is 574 g/mol. The average Bonchev–Trinajstić information content (AvgIpc) is 2.93. The first kappa shape index (κ1) is 38.0. The topological polar surface area (TPSA) is 159 Å². The fraction of sp³-hybridized carbons (Fsp3) is 0.960. The van der Waals surface area contributed by atoms with Gasteiger partial charge in [-0.2, -0.15) is 0 Å². The van der Waals surface area contributed by atoms with Crippen molar-refractivity contribution in [2.45, 2.75) is 6.42 Å². The molecule has 0 aliphatic rings. The first-order chi connectivity index (χ1) is 19.3. The first-order valence-corrected chi connectivity index (χ1v) is 13.4. The summed E-state index contributed by atoms with van der Waals surface area (Å²) in [7, 11) is 0. The van der Waals surface area contributed by atoms with E-state index in [9.17, 15) is 4.79 Å². The van der Waals surface area contributed by atoms with E-state index in [1.807, 2.05) is 0 Å². The second kappa shape index (κ2) is 35.0. The quantitative estimate of drug-likeness (QED) is 0.0945. The van der Waals surface area contributed by atoms with Crippen LogP contribution in [0.15, 0.2) is 0 Å². The minimum Gasteiger partial charge on any atom is -0.481 e. The molecule has 0 aliphatic heterocycles. The second-order valence-corrected chi connectivity index (χ2v) is 7.60. The Hall–Kier alpha value is -1.01. The van der Waals surface area contributed by atoms with Crippen LogP contribution in [0.3, 0.4) is 0 Å². The van der Waals surface area contributed by atoms with Crippen LogP contribution in [0.4, 0.5) is 0 Å². The Morgan fingerprint density at radius 3 is 0.692 bits per heavy atom. The summed E-state index contributed by atoms with van der Waals surface area (Å²) in [6.45, 7) is 10.0. The van der Waals surface area contributed by atoms with Crippen molar-refractivity contribution >= 4 is 5.97 Å². The normalized spacial score (nSPS) is 11.4. The van der Waals surface area contributed by atoms with Crippen molar-refractivity contribution < 1.29 is 67.1 Å². The summed E-state index contributed by atoms with van der Waals surface area (Å²) >= 11 is 0. The third kappa shape index (κ3) is 37.0. The SMILES string of the molecule is O=C(O)CCOCCOCCOCCOCCOCCOCCOCCOCCOCCOCCOCCO. The number of aliphatic hydroxyl groups is 1. The molecule has 0 aromatic carbocycles. The lowest BCUT2D eigenvalue weighted by molar-refractivity contribution is -0.138. The van der Waals surface area contributed by atoms with Gasteiger partial charge in [0, 0.05) is 0 Å². The Bertz CT molecular complexity index is 472. The largest absolute Gasteiger partial charge is 0.481 e. The molecule has 14 nitrogen and oxygen atoms in total. The number of aliphatic hydroxyl groups excluding tert-OH is 1. The van der Waals surface area contributed by atoms with Crippen molar-refractivity contribution in [1.82, 2.24) is 0 Å². The molecule has 234 valence electrons. The Morgan fingerprint density at radius 2 is 0.513 bits per heavy atom. The Morgan fingerprint density at radius 1 is 0.333 bits per heavy atom. The number of rotatable bonds is 35. The van der Waals surface area contributed by atoms with Gasteiger partial charge in [-0.1, -0.05) is 0 Å². The maximum absolute atomic E-state index is 10.3. The van der Waals surface area contributed by atoms with Gasteiger partial charge in [-0.3, -0.25) is 4.79 Å². The molecule has 0 saturated carbocycles. The van der Waals surface area contributed by atoms with Crippen molar-refractivity contribution in [3.8, 4) is 0 Å². The van der Waals surface area contributed by atoms with Crippen LogP contribution in [0, 0.1) is 0 Å². The van der Waals surface area contributed by atoms with Gasteiger partial charge in [-0.05, 0) is 0 Å². The number of carboxylic acid groups (broad SMARTS) is 1. The smallest absolute Gasteiger partial charge is 0.305 e. The molecule has 0 aromatic rings. The standard InChI is InChI=1S/C25H50O14/c26-2-4-30-6-8-32-10-12-34-14-16-36-18-20-38-22-24-39-23-21-37-19-17-35-15-13-33-11-9-31-7-5-29-3-1-25(27)28/h26H,1-24H2,(H,27,28). The number of hydrogen-bond donors (Lipinski definition) is 2. The molecular weight excluding hydrogens is 524 g/mol. The summed E-state index contributed by atoms with van der Waals surface area (Å²) in [6, 6.07) is 0. The van der Waals surface area contributed by atoms with E-state index < -0.39 is 5.97 Å². The summed E-state index contributed by atoms with van der Waals surface area (Å²) < 4.78 is 58.7. The first-order valence-electron chi connectivity index (χ1n) is 13.4. The predicted octanol–water partition coefficient (Wildman–Crippen LogP) is -0.364. The summed E-state index contributed by atoms with van der Waals surface area (Å²) in [4.78, 5) is 10.3. The van der Waals surface area contributed by atoms with Crippen molar-refractivity contribution in [3.05, 3.63) is 0 Å². The molecule has 0 aromatic heterocycles. The highest BCUT2D eigenvalue weighted by atomic mass is 16.6. The van der Waals surface area contributed by atoms with Crippen molar-refractivity contribution in [3.63, 3.8) is 0 Å². The van der Waals surface area contributed by atoms with E-state index in [1.54, 1.807) is 0 Å². The van der Waals surface area contributed by atoms with Crippen LogP contribution in [-0.2, 0) is 56.9 Å². The van der Waals surface area contributed by atoms with Crippen LogP contribution >= 0.6 is 0 Å². The highest BCUT2D eigenvalue weighted by molar-refractivity contribution is 5.66. The predicted molar refractivity (Wildman–Crippen MR) is 138 cm³/mol. The molecule has 0 saturated heterocycles. The van der Waals surface area contributed by atoms with Gasteiger partial charge in [0.1, 0.15) is 0 Å². The van der Waals surface area contributed by atoms with E-state index in [-0.39, 0.29) is 19.6 Å². The van der Waals surface area contributed by atoms with Crippen LogP contribution in [0.5, 0.6) is 0 Å². The fourth-order valence-corrected chi connectivity index (χ4v) is 2.53. The molecule has 39 heavy (non-hydrogen) atoms. The minimum absolute atomic E-state index is 0.00248. The van der Waals surface area contributed by atoms with Crippen LogP contribution in [0.2, 0.25) is 0 Å². The summed E-state index contributed by atoms with van der Waals surface area (Å²) in [5.41, 5.74) is 0. The number of ether oxygens (including phenoxy) is 11. The summed E-state index contributed by atoms with van der Waals surface area (Å²) in [6.07, 6.45) is -0.00248. The minimum atomic E-state index is -0.875. The van der Waals surface area contributed by atoms with Gasteiger partial charge in [0.15, 0.2) is 0 Å². The molecule has 14 heteroatoms. The Kier molecular flexibility index (Phi) is 34.1. The van der Waals surface area contributed by atoms with Crippen LogP contribution in [0.25, 0.3) is 0 Å².